The van der Waals surface area contributed by atoms with E-state index in [1.165, 1.54) is 17.3 Å². The van der Waals surface area contributed by atoms with Gasteiger partial charge in [-0.25, -0.2) is 0 Å². The van der Waals surface area contributed by atoms with Gasteiger partial charge in [0.25, 0.3) is 5.22 Å². The lowest BCUT2D eigenvalue weighted by atomic mass is 10.1. The molecule has 0 saturated carbocycles. The predicted octanol–water partition coefficient (Wildman–Crippen LogP) is 3.36. The summed E-state index contributed by atoms with van der Waals surface area (Å²) in [4.78, 5) is 16.8. The number of nitrogens with zero attached hydrogens (tertiary/aromatic N) is 4. The van der Waals surface area contributed by atoms with Crippen LogP contribution in [0.2, 0.25) is 0 Å². The lowest BCUT2D eigenvalue weighted by Gasteiger charge is -2.34. The number of aryl methyl sites for hydroxylation is 1. The predicted molar refractivity (Wildman–Crippen MR) is 120 cm³/mol. The Morgan fingerprint density at radius 2 is 1.77 bits per heavy atom. The van der Waals surface area contributed by atoms with Crippen LogP contribution in [0.4, 0.5) is 0 Å². The van der Waals surface area contributed by atoms with E-state index in [-0.39, 0.29) is 5.91 Å². The minimum atomic E-state index is 0.0975. The van der Waals surface area contributed by atoms with Gasteiger partial charge < -0.3 is 14.1 Å². The molecule has 1 aliphatic rings. The number of piperazine rings is 1. The molecule has 1 amide bonds. The number of carbonyl (C=O) groups excluding carboxylic acids is 1. The molecule has 0 radical (unpaired) electrons. The first-order valence-electron chi connectivity index (χ1n) is 10.4. The van der Waals surface area contributed by atoms with Crippen LogP contribution in [0.5, 0.6) is 5.75 Å². The summed E-state index contributed by atoms with van der Waals surface area (Å²) >= 11 is 1.29. The van der Waals surface area contributed by atoms with Gasteiger partial charge in [-0.1, -0.05) is 47.7 Å². The van der Waals surface area contributed by atoms with Crippen molar-refractivity contribution in [2.24, 2.45) is 0 Å². The van der Waals surface area contributed by atoms with Gasteiger partial charge in [0.15, 0.2) is 0 Å². The van der Waals surface area contributed by atoms with Gasteiger partial charge in [-0.3, -0.25) is 9.69 Å². The number of ether oxygens (including phenoxy) is 1. The molecule has 8 heteroatoms. The van der Waals surface area contributed by atoms with E-state index in [0.29, 0.717) is 23.5 Å². The van der Waals surface area contributed by atoms with Gasteiger partial charge in [-0.15, -0.1) is 10.2 Å². The largest absolute Gasteiger partial charge is 0.492 e. The number of carbonyl (C=O) groups is 1. The molecule has 0 aliphatic carbocycles. The highest BCUT2D eigenvalue weighted by Crippen LogP contribution is 2.23. The van der Waals surface area contributed by atoms with Gasteiger partial charge in [-0.2, -0.15) is 0 Å². The third-order valence-corrected chi connectivity index (χ3v) is 5.97. The highest BCUT2D eigenvalue weighted by atomic mass is 32.2. The molecule has 0 spiro atoms. The van der Waals surface area contributed by atoms with E-state index in [1.807, 2.05) is 66.4 Å². The Labute approximate surface area is 186 Å². The van der Waals surface area contributed by atoms with E-state index < -0.39 is 0 Å². The van der Waals surface area contributed by atoms with Crippen molar-refractivity contribution in [2.75, 3.05) is 45.1 Å². The van der Waals surface area contributed by atoms with Crippen LogP contribution in [0.3, 0.4) is 0 Å². The summed E-state index contributed by atoms with van der Waals surface area (Å²) < 4.78 is 11.5. The van der Waals surface area contributed by atoms with Crippen LogP contribution in [0.25, 0.3) is 11.5 Å². The molecule has 1 saturated heterocycles. The summed E-state index contributed by atoms with van der Waals surface area (Å²) in [6.45, 7) is 6.69. The van der Waals surface area contributed by atoms with Crippen LogP contribution in [0.15, 0.2) is 64.2 Å². The van der Waals surface area contributed by atoms with E-state index in [9.17, 15) is 4.79 Å². The average Bonchev–Trinajstić information content (AvgIpc) is 3.28. The first-order chi connectivity index (χ1) is 15.2. The summed E-state index contributed by atoms with van der Waals surface area (Å²) in [5.74, 6) is 1.76. The molecule has 1 aliphatic heterocycles. The van der Waals surface area contributed by atoms with Crippen molar-refractivity contribution < 1.29 is 13.9 Å². The summed E-state index contributed by atoms with van der Waals surface area (Å²) in [6, 6.07) is 17.7. The molecular weight excluding hydrogens is 412 g/mol. The summed E-state index contributed by atoms with van der Waals surface area (Å²) in [6.07, 6.45) is 0. The van der Waals surface area contributed by atoms with Crippen LogP contribution in [-0.2, 0) is 4.79 Å². The fraction of sp³-hybridized carbons (Fsp3) is 0.348. The SMILES string of the molecule is Cc1ccc(-c2nnc(SCC(=O)N3CCN(CCOc4ccccc4)CC3)o2)cc1. The van der Waals surface area contributed by atoms with E-state index in [2.05, 4.69) is 15.1 Å². The van der Waals surface area contributed by atoms with Crippen molar-refractivity contribution in [1.29, 1.82) is 0 Å². The molecule has 0 atom stereocenters. The maximum absolute atomic E-state index is 12.6. The second kappa shape index (κ2) is 10.5. The van der Waals surface area contributed by atoms with Gasteiger partial charge in [0.2, 0.25) is 11.8 Å². The van der Waals surface area contributed by atoms with E-state index >= 15 is 0 Å². The third kappa shape index (κ3) is 6.08. The number of thioether (sulfide) groups is 1. The van der Waals surface area contributed by atoms with Crippen molar-refractivity contribution in [3.63, 3.8) is 0 Å². The number of para-hydroxylation sites is 1. The second-order valence-electron chi connectivity index (χ2n) is 7.41. The van der Waals surface area contributed by atoms with E-state index in [1.54, 1.807) is 0 Å². The smallest absolute Gasteiger partial charge is 0.277 e. The summed E-state index contributed by atoms with van der Waals surface area (Å²) in [5, 5.41) is 8.56. The molecule has 3 aromatic rings. The van der Waals surface area contributed by atoms with E-state index in [4.69, 9.17) is 9.15 Å². The molecule has 0 unspecified atom stereocenters. The first kappa shape index (κ1) is 21.4. The monoisotopic (exact) mass is 438 g/mol. The highest BCUT2D eigenvalue weighted by Gasteiger charge is 2.22. The fourth-order valence-electron chi connectivity index (χ4n) is 3.33. The number of benzene rings is 2. The zero-order valence-electron chi connectivity index (χ0n) is 17.6. The zero-order valence-corrected chi connectivity index (χ0v) is 18.4. The average molecular weight is 439 g/mol. The van der Waals surface area contributed by atoms with Gasteiger partial charge in [0.1, 0.15) is 12.4 Å². The summed E-state index contributed by atoms with van der Waals surface area (Å²) in [5.41, 5.74) is 2.05. The Bertz CT molecular complexity index is 970. The van der Waals surface area contributed by atoms with Gasteiger partial charge in [-0.05, 0) is 31.2 Å². The minimum Gasteiger partial charge on any atom is -0.492 e. The van der Waals surface area contributed by atoms with Crippen LogP contribution >= 0.6 is 11.8 Å². The lowest BCUT2D eigenvalue weighted by molar-refractivity contribution is -0.130. The number of hydrogen-bond acceptors (Lipinski definition) is 7. The van der Waals surface area contributed by atoms with Crippen molar-refractivity contribution in [3.05, 3.63) is 60.2 Å². The maximum atomic E-state index is 12.6. The Morgan fingerprint density at radius 3 is 2.52 bits per heavy atom. The number of aromatic nitrogens is 2. The van der Waals surface area contributed by atoms with Gasteiger partial charge >= 0.3 is 0 Å². The quantitative estimate of drug-likeness (QED) is 0.500. The minimum absolute atomic E-state index is 0.0975. The van der Waals surface area contributed by atoms with Crippen molar-refractivity contribution in [3.8, 4) is 17.2 Å². The molecule has 1 fully saturated rings. The Hall–Kier alpha value is -2.84. The standard InChI is InChI=1S/C23H26N4O3S/c1-18-7-9-19(10-8-18)22-24-25-23(30-22)31-17-21(28)27-13-11-26(12-14-27)15-16-29-20-5-3-2-4-6-20/h2-10H,11-17H2,1H3. The molecule has 2 aromatic carbocycles. The van der Waals surface area contributed by atoms with Crippen molar-refractivity contribution >= 4 is 17.7 Å². The highest BCUT2D eigenvalue weighted by molar-refractivity contribution is 7.99. The number of amides is 1. The van der Waals surface area contributed by atoms with Gasteiger partial charge in [0.05, 0.1) is 5.75 Å². The summed E-state index contributed by atoms with van der Waals surface area (Å²) in [7, 11) is 0. The molecule has 1 aromatic heterocycles. The molecular formula is C23H26N4O3S. The Balaban J connectivity index is 1.17. The maximum Gasteiger partial charge on any atom is 0.277 e. The molecule has 0 N–H and O–H groups in total. The second-order valence-corrected chi connectivity index (χ2v) is 8.34. The first-order valence-corrected chi connectivity index (χ1v) is 11.4. The normalized spacial score (nSPS) is 14.5. The molecule has 2 heterocycles. The lowest BCUT2D eigenvalue weighted by Crippen LogP contribution is -2.50. The molecule has 31 heavy (non-hydrogen) atoms. The Morgan fingerprint density at radius 1 is 1.03 bits per heavy atom. The third-order valence-electron chi connectivity index (χ3n) is 5.17. The fourth-order valence-corrected chi connectivity index (χ4v) is 3.99. The van der Waals surface area contributed by atoms with Gasteiger partial charge in [0, 0.05) is 38.3 Å². The zero-order chi connectivity index (χ0) is 21.5. The number of hydrogen-bond donors (Lipinski definition) is 0. The molecule has 7 nitrogen and oxygen atoms in total. The molecule has 0 bridgehead atoms. The molecule has 162 valence electrons. The van der Waals surface area contributed by atoms with Crippen LogP contribution in [0.1, 0.15) is 5.56 Å². The number of rotatable bonds is 8. The van der Waals surface area contributed by atoms with Crippen LogP contribution in [0, 0.1) is 6.92 Å². The van der Waals surface area contributed by atoms with Crippen LogP contribution < -0.4 is 4.74 Å². The molecule has 4 rings (SSSR count). The Kier molecular flexibility index (Phi) is 7.22. The van der Waals surface area contributed by atoms with Crippen molar-refractivity contribution in [1.82, 2.24) is 20.0 Å². The van der Waals surface area contributed by atoms with Crippen LogP contribution in [-0.4, -0.2) is 71.0 Å². The van der Waals surface area contributed by atoms with E-state index in [0.717, 1.165) is 44.0 Å². The topological polar surface area (TPSA) is 71.7 Å². The van der Waals surface area contributed by atoms with Crippen molar-refractivity contribution in [2.45, 2.75) is 12.1 Å².